The van der Waals surface area contributed by atoms with Gasteiger partial charge >= 0.3 is 0 Å². The highest BCUT2D eigenvalue weighted by Crippen LogP contribution is 2.53. The fourth-order valence-electron chi connectivity index (χ4n) is 2.07. The minimum atomic E-state index is 0.316. The third-order valence-electron chi connectivity index (χ3n) is 3.24. The monoisotopic (exact) mass is 195 g/mol. The van der Waals surface area contributed by atoms with Crippen molar-refractivity contribution in [3.8, 4) is 0 Å². The zero-order valence-electron chi connectivity index (χ0n) is 8.34. The van der Waals surface area contributed by atoms with Crippen molar-refractivity contribution in [3.63, 3.8) is 0 Å². The van der Waals surface area contributed by atoms with Gasteiger partial charge < -0.3 is 5.73 Å². The Balaban J connectivity index is 2.34. The molecule has 0 aromatic carbocycles. The highest BCUT2D eigenvalue weighted by Gasteiger charge is 2.49. The first-order valence-electron chi connectivity index (χ1n) is 5.03. The number of rotatable bonds is 3. The van der Waals surface area contributed by atoms with Gasteiger partial charge in [-0.3, -0.25) is 0 Å². The first-order chi connectivity index (χ1) is 6.20. The van der Waals surface area contributed by atoms with Gasteiger partial charge in [-0.1, -0.05) is 6.92 Å². The maximum atomic E-state index is 6.05. The highest BCUT2D eigenvalue weighted by molar-refractivity contribution is 7.10. The number of nitrogens with two attached hydrogens (primary N) is 1. The van der Waals surface area contributed by atoms with E-state index in [4.69, 9.17) is 5.73 Å². The van der Waals surface area contributed by atoms with Crippen LogP contribution in [-0.4, -0.2) is 6.04 Å². The summed E-state index contributed by atoms with van der Waals surface area (Å²) in [7, 11) is 0. The Kier molecular flexibility index (Phi) is 2.20. The summed E-state index contributed by atoms with van der Waals surface area (Å²) >= 11 is 1.89. The Bertz CT molecular complexity index is 297. The molecule has 1 aromatic rings. The fourth-order valence-corrected chi connectivity index (χ4v) is 3.43. The Hall–Kier alpha value is -0.340. The molecule has 1 atom stereocenters. The van der Waals surface area contributed by atoms with Crippen molar-refractivity contribution in [1.29, 1.82) is 0 Å². The second kappa shape index (κ2) is 3.10. The minimum Gasteiger partial charge on any atom is -0.327 e. The molecule has 1 aliphatic carbocycles. The van der Waals surface area contributed by atoms with Gasteiger partial charge in [-0.05, 0) is 43.2 Å². The van der Waals surface area contributed by atoms with Crippen molar-refractivity contribution in [3.05, 3.63) is 21.9 Å². The average molecular weight is 195 g/mol. The molecule has 2 N–H and O–H groups in total. The molecule has 0 spiro atoms. The third-order valence-corrected chi connectivity index (χ3v) is 4.42. The summed E-state index contributed by atoms with van der Waals surface area (Å²) in [4.78, 5) is 1.56. The summed E-state index contributed by atoms with van der Waals surface area (Å²) in [5.41, 5.74) is 7.93. The van der Waals surface area contributed by atoms with Crippen molar-refractivity contribution in [2.24, 2.45) is 5.73 Å². The van der Waals surface area contributed by atoms with Crippen LogP contribution in [0.1, 0.15) is 37.1 Å². The third kappa shape index (κ3) is 1.32. The predicted molar refractivity (Wildman–Crippen MR) is 58.3 cm³/mol. The van der Waals surface area contributed by atoms with Crippen LogP contribution in [-0.2, 0) is 11.8 Å². The van der Waals surface area contributed by atoms with Crippen molar-refractivity contribution in [2.45, 2.75) is 44.6 Å². The van der Waals surface area contributed by atoms with Crippen LogP contribution in [0.4, 0.5) is 0 Å². The van der Waals surface area contributed by atoms with E-state index >= 15 is 0 Å². The SMILES string of the molecule is CCc1ccsc1C1(C(C)N)CC1. The van der Waals surface area contributed by atoms with E-state index in [1.54, 1.807) is 4.88 Å². The van der Waals surface area contributed by atoms with Crippen molar-refractivity contribution >= 4 is 11.3 Å². The maximum absolute atomic E-state index is 6.05. The van der Waals surface area contributed by atoms with Crippen molar-refractivity contribution in [1.82, 2.24) is 0 Å². The Labute approximate surface area is 84.0 Å². The van der Waals surface area contributed by atoms with Gasteiger partial charge in [-0.15, -0.1) is 11.3 Å². The molecule has 13 heavy (non-hydrogen) atoms. The lowest BCUT2D eigenvalue weighted by Crippen LogP contribution is -2.31. The van der Waals surface area contributed by atoms with E-state index in [-0.39, 0.29) is 0 Å². The number of hydrogen-bond acceptors (Lipinski definition) is 2. The standard InChI is InChI=1S/C11H17NS/c1-3-9-4-7-13-10(9)11(5-6-11)8(2)12/h4,7-8H,3,5-6,12H2,1-2H3. The first kappa shape index (κ1) is 9.22. The van der Waals surface area contributed by atoms with Crippen LogP contribution in [0.5, 0.6) is 0 Å². The normalized spacial score (nSPS) is 21.5. The molecule has 72 valence electrons. The van der Waals surface area contributed by atoms with Crippen LogP contribution in [0.15, 0.2) is 11.4 Å². The van der Waals surface area contributed by atoms with E-state index < -0.39 is 0 Å². The average Bonchev–Trinajstić information content (AvgIpc) is 2.78. The highest BCUT2D eigenvalue weighted by atomic mass is 32.1. The summed E-state index contributed by atoms with van der Waals surface area (Å²) in [5, 5.41) is 2.20. The summed E-state index contributed by atoms with van der Waals surface area (Å²) < 4.78 is 0. The van der Waals surface area contributed by atoms with Crippen LogP contribution in [0, 0.1) is 0 Å². The minimum absolute atomic E-state index is 0.316. The van der Waals surface area contributed by atoms with Gasteiger partial charge in [0.2, 0.25) is 0 Å². The van der Waals surface area contributed by atoms with Crippen LogP contribution in [0.25, 0.3) is 0 Å². The molecule has 2 rings (SSSR count). The fraction of sp³-hybridized carbons (Fsp3) is 0.636. The molecule has 0 amide bonds. The summed E-state index contributed by atoms with van der Waals surface area (Å²) in [5.74, 6) is 0. The van der Waals surface area contributed by atoms with E-state index in [1.165, 1.54) is 18.4 Å². The van der Waals surface area contributed by atoms with E-state index in [2.05, 4.69) is 25.3 Å². The molecule has 0 bridgehead atoms. The van der Waals surface area contributed by atoms with Gasteiger partial charge in [0.25, 0.3) is 0 Å². The van der Waals surface area contributed by atoms with Crippen LogP contribution >= 0.6 is 11.3 Å². The van der Waals surface area contributed by atoms with Crippen LogP contribution in [0.2, 0.25) is 0 Å². The lowest BCUT2D eigenvalue weighted by Gasteiger charge is -2.19. The Morgan fingerprint density at radius 1 is 1.62 bits per heavy atom. The Morgan fingerprint density at radius 2 is 2.31 bits per heavy atom. The first-order valence-corrected chi connectivity index (χ1v) is 5.91. The lowest BCUT2D eigenvalue weighted by molar-refractivity contribution is 0.562. The van der Waals surface area contributed by atoms with Gasteiger partial charge in [-0.25, -0.2) is 0 Å². The second-order valence-electron chi connectivity index (χ2n) is 4.07. The number of thiophene rings is 1. The predicted octanol–water partition coefficient (Wildman–Crippen LogP) is 2.69. The molecule has 1 unspecified atom stereocenters. The van der Waals surface area contributed by atoms with Crippen molar-refractivity contribution < 1.29 is 0 Å². The van der Waals surface area contributed by atoms with E-state index in [0.29, 0.717) is 11.5 Å². The zero-order valence-corrected chi connectivity index (χ0v) is 9.16. The van der Waals surface area contributed by atoms with Crippen molar-refractivity contribution in [2.75, 3.05) is 0 Å². The van der Waals surface area contributed by atoms with E-state index in [9.17, 15) is 0 Å². The maximum Gasteiger partial charge on any atom is 0.0199 e. The van der Waals surface area contributed by atoms with Gasteiger partial charge in [0, 0.05) is 16.3 Å². The molecule has 0 aliphatic heterocycles. The quantitative estimate of drug-likeness (QED) is 0.788. The topological polar surface area (TPSA) is 26.0 Å². The largest absolute Gasteiger partial charge is 0.327 e. The van der Waals surface area contributed by atoms with E-state index in [1.807, 2.05) is 11.3 Å². The second-order valence-corrected chi connectivity index (χ2v) is 4.99. The Morgan fingerprint density at radius 3 is 2.77 bits per heavy atom. The molecule has 1 saturated carbocycles. The molecular formula is C11H17NS. The van der Waals surface area contributed by atoms with Gasteiger partial charge in [0.15, 0.2) is 0 Å². The zero-order chi connectivity index (χ0) is 9.47. The number of hydrogen-bond donors (Lipinski definition) is 1. The molecule has 0 saturated heterocycles. The molecule has 1 aromatic heterocycles. The lowest BCUT2D eigenvalue weighted by atomic mass is 9.93. The van der Waals surface area contributed by atoms with Crippen LogP contribution in [0.3, 0.4) is 0 Å². The summed E-state index contributed by atoms with van der Waals surface area (Å²) in [6.45, 7) is 4.37. The van der Waals surface area contributed by atoms with Gasteiger partial charge in [0.1, 0.15) is 0 Å². The molecule has 1 heterocycles. The smallest absolute Gasteiger partial charge is 0.0199 e. The van der Waals surface area contributed by atoms with Gasteiger partial charge in [0.05, 0.1) is 0 Å². The molecule has 1 nitrogen and oxygen atoms in total. The van der Waals surface area contributed by atoms with Crippen LogP contribution < -0.4 is 5.73 Å². The van der Waals surface area contributed by atoms with Gasteiger partial charge in [-0.2, -0.15) is 0 Å². The molecule has 0 radical (unpaired) electrons. The molecule has 2 heteroatoms. The van der Waals surface area contributed by atoms with E-state index in [0.717, 1.165) is 6.42 Å². The number of aryl methyl sites for hydroxylation is 1. The molecule has 1 fully saturated rings. The summed E-state index contributed by atoms with van der Waals surface area (Å²) in [6, 6.07) is 2.57. The molecular weight excluding hydrogens is 178 g/mol. The summed E-state index contributed by atoms with van der Waals surface area (Å²) in [6.07, 6.45) is 3.73. The molecule has 1 aliphatic rings.